The van der Waals surface area contributed by atoms with E-state index in [0.717, 1.165) is 37.4 Å². The van der Waals surface area contributed by atoms with E-state index in [1.807, 2.05) is 38.2 Å². The summed E-state index contributed by atoms with van der Waals surface area (Å²) in [6, 6.07) is 6.12. The summed E-state index contributed by atoms with van der Waals surface area (Å²) in [4.78, 5) is 14.2. The van der Waals surface area contributed by atoms with E-state index < -0.39 is 0 Å². The minimum absolute atomic E-state index is 0.0988. The normalized spacial score (nSPS) is 19.7. The van der Waals surface area contributed by atoms with Crippen LogP contribution in [0.4, 0.5) is 0 Å². The fourth-order valence-corrected chi connectivity index (χ4v) is 3.12. The third-order valence-electron chi connectivity index (χ3n) is 4.03. The van der Waals surface area contributed by atoms with Gasteiger partial charge in [0.2, 0.25) is 5.91 Å². The van der Waals surface area contributed by atoms with E-state index in [2.05, 4.69) is 24.8 Å². The lowest BCUT2D eigenvalue weighted by molar-refractivity contribution is -0.123. The van der Waals surface area contributed by atoms with Gasteiger partial charge in [0, 0.05) is 24.7 Å². The average molecular weight is 301 g/mol. The Kier molecular flexibility index (Phi) is 4.38. The summed E-state index contributed by atoms with van der Waals surface area (Å²) in [5.74, 6) is 1.43. The first kappa shape index (κ1) is 15.0. The molecule has 0 bridgehead atoms. The van der Waals surface area contributed by atoms with Gasteiger partial charge in [-0.1, -0.05) is 6.07 Å². The number of nitrogens with zero attached hydrogens (tertiary/aromatic N) is 4. The Morgan fingerprint density at radius 2 is 2.27 bits per heavy atom. The van der Waals surface area contributed by atoms with E-state index in [4.69, 9.17) is 0 Å². The molecule has 118 valence electrons. The van der Waals surface area contributed by atoms with Gasteiger partial charge in [0.1, 0.15) is 5.82 Å². The molecule has 1 aliphatic heterocycles. The maximum atomic E-state index is 11.9. The van der Waals surface area contributed by atoms with E-state index in [9.17, 15) is 4.79 Å². The van der Waals surface area contributed by atoms with Crippen molar-refractivity contribution in [3.05, 3.63) is 30.2 Å². The van der Waals surface area contributed by atoms with Gasteiger partial charge in [0.25, 0.3) is 0 Å². The summed E-state index contributed by atoms with van der Waals surface area (Å²) >= 11 is 0. The molecule has 1 atom stereocenters. The third-order valence-corrected chi connectivity index (χ3v) is 4.03. The predicted molar refractivity (Wildman–Crippen MR) is 84.7 cm³/mol. The second-order valence-corrected chi connectivity index (χ2v) is 6.28. The Balaban J connectivity index is 1.69. The number of piperidine rings is 1. The lowest BCUT2D eigenvalue weighted by Gasteiger charge is -2.31. The van der Waals surface area contributed by atoms with Crippen molar-refractivity contribution in [1.82, 2.24) is 24.8 Å². The Hall–Kier alpha value is -1.95. The summed E-state index contributed by atoms with van der Waals surface area (Å²) in [5.41, 5.74) is 0.882. The third kappa shape index (κ3) is 3.27. The quantitative estimate of drug-likeness (QED) is 0.928. The Bertz CT molecular complexity index is 651. The highest BCUT2D eigenvalue weighted by Gasteiger charge is 2.26. The second kappa shape index (κ2) is 6.44. The molecule has 0 radical (unpaired) electrons. The van der Waals surface area contributed by atoms with Crippen LogP contribution in [-0.4, -0.2) is 51.1 Å². The minimum Gasteiger partial charge on any atom is -0.353 e. The highest BCUT2D eigenvalue weighted by Crippen LogP contribution is 2.25. The number of rotatable bonds is 4. The highest BCUT2D eigenvalue weighted by molar-refractivity contribution is 5.78. The molecule has 1 N–H and O–H groups in total. The number of carbonyl (C=O) groups is 1. The monoisotopic (exact) mass is 301 g/mol. The van der Waals surface area contributed by atoms with Gasteiger partial charge in [-0.3, -0.25) is 14.1 Å². The zero-order valence-electron chi connectivity index (χ0n) is 13.2. The molecule has 1 unspecified atom stereocenters. The maximum absolute atomic E-state index is 11.9. The fourth-order valence-electron chi connectivity index (χ4n) is 3.12. The number of fused-ring (bicyclic) bond motifs is 1. The van der Waals surface area contributed by atoms with Crippen LogP contribution in [0.2, 0.25) is 0 Å². The summed E-state index contributed by atoms with van der Waals surface area (Å²) in [5, 5.41) is 11.6. The van der Waals surface area contributed by atoms with Crippen molar-refractivity contribution in [3.8, 4) is 0 Å². The van der Waals surface area contributed by atoms with Gasteiger partial charge in [-0.25, -0.2) is 0 Å². The number of carbonyl (C=O) groups excluding carboxylic acids is 1. The molecular formula is C16H23N5O. The molecule has 0 saturated carbocycles. The van der Waals surface area contributed by atoms with Crippen molar-refractivity contribution < 1.29 is 4.79 Å². The molecule has 6 heteroatoms. The van der Waals surface area contributed by atoms with Crippen LogP contribution in [0, 0.1) is 0 Å². The van der Waals surface area contributed by atoms with Crippen LogP contribution in [0.15, 0.2) is 24.4 Å². The number of aromatic nitrogens is 3. The zero-order chi connectivity index (χ0) is 15.5. The van der Waals surface area contributed by atoms with Crippen molar-refractivity contribution in [3.63, 3.8) is 0 Å². The van der Waals surface area contributed by atoms with Crippen LogP contribution in [0.25, 0.3) is 5.65 Å². The molecule has 1 amide bonds. The van der Waals surface area contributed by atoms with Crippen molar-refractivity contribution in [2.45, 2.75) is 38.6 Å². The van der Waals surface area contributed by atoms with Gasteiger partial charge in [-0.2, -0.15) is 0 Å². The lowest BCUT2D eigenvalue weighted by Crippen LogP contribution is -2.43. The zero-order valence-corrected chi connectivity index (χ0v) is 13.2. The van der Waals surface area contributed by atoms with E-state index in [-0.39, 0.29) is 11.9 Å². The first-order valence-corrected chi connectivity index (χ1v) is 7.95. The first-order chi connectivity index (χ1) is 10.6. The van der Waals surface area contributed by atoms with Gasteiger partial charge in [-0.15, -0.1) is 10.2 Å². The highest BCUT2D eigenvalue weighted by atomic mass is 16.2. The van der Waals surface area contributed by atoms with Crippen molar-refractivity contribution >= 4 is 11.6 Å². The standard InChI is InChI=1S/C16H23N5O/c1-12(2)17-15(22)11-20-8-5-6-13(10-20)16-19-18-14-7-3-4-9-21(14)16/h3-4,7,9,12-13H,5-6,8,10-11H2,1-2H3,(H,17,22). The van der Waals surface area contributed by atoms with Crippen LogP contribution in [0.3, 0.4) is 0 Å². The van der Waals surface area contributed by atoms with Crippen LogP contribution < -0.4 is 5.32 Å². The number of likely N-dealkylation sites (tertiary alicyclic amines) is 1. The summed E-state index contributed by atoms with van der Waals surface area (Å²) in [6.45, 7) is 6.27. The van der Waals surface area contributed by atoms with Crippen LogP contribution >= 0.6 is 0 Å². The Labute approximate surface area is 130 Å². The van der Waals surface area contributed by atoms with Gasteiger partial charge in [-0.05, 0) is 45.4 Å². The molecular weight excluding hydrogens is 278 g/mol. The first-order valence-electron chi connectivity index (χ1n) is 7.95. The number of hydrogen-bond donors (Lipinski definition) is 1. The minimum atomic E-state index is 0.0988. The van der Waals surface area contributed by atoms with Crippen LogP contribution in [-0.2, 0) is 4.79 Å². The molecule has 1 fully saturated rings. The molecule has 1 aliphatic rings. The molecule has 6 nitrogen and oxygen atoms in total. The molecule has 1 saturated heterocycles. The van der Waals surface area contributed by atoms with Crippen LogP contribution in [0.1, 0.15) is 38.4 Å². The van der Waals surface area contributed by atoms with E-state index >= 15 is 0 Å². The summed E-state index contributed by atoms with van der Waals surface area (Å²) in [6.07, 6.45) is 4.19. The summed E-state index contributed by atoms with van der Waals surface area (Å²) in [7, 11) is 0. The van der Waals surface area contributed by atoms with Gasteiger partial charge < -0.3 is 5.32 Å². The lowest BCUT2D eigenvalue weighted by atomic mass is 9.97. The molecule has 22 heavy (non-hydrogen) atoms. The maximum Gasteiger partial charge on any atom is 0.234 e. The Morgan fingerprint density at radius 1 is 1.41 bits per heavy atom. The van der Waals surface area contributed by atoms with Crippen LogP contribution in [0.5, 0.6) is 0 Å². The largest absolute Gasteiger partial charge is 0.353 e. The van der Waals surface area contributed by atoms with Crippen molar-refractivity contribution in [1.29, 1.82) is 0 Å². The topological polar surface area (TPSA) is 62.5 Å². The molecule has 0 spiro atoms. The van der Waals surface area contributed by atoms with E-state index in [0.29, 0.717) is 12.5 Å². The molecule has 2 aromatic heterocycles. The summed E-state index contributed by atoms with van der Waals surface area (Å²) < 4.78 is 2.06. The predicted octanol–water partition coefficient (Wildman–Crippen LogP) is 1.43. The van der Waals surface area contributed by atoms with Gasteiger partial charge >= 0.3 is 0 Å². The molecule has 0 aromatic carbocycles. The molecule has 2 aromatic rings. The number of nitrogens with one attached hydrogen (secondary N) is 1. The fraction of sp³-hybridized carbons (Fsp3) is 0.562. The average Bonchev–Trinajstić information content (AvgIpc) is 2.90. The smallest absolute Gasteiger partial charge is 0.234 e. The molecule has 3 rings (SSSR count). The van der Waals surface area contributed by atoms with Crippen molar-refractivity contribution in [2.75, 3.05) is 19.6 Å². The number of pyridine rings is 1. The number of hydrogen-bond acceptors (Lipinski definition) is 4. The SMILES string of the molecule is CC(C)NC(=O)CN1CCCC(c2nnc3ccccn23)C1. The second-order valence-electron chi connectivity index (χ2n) is 6.28. The van der Waals surface area contributed by atoms with Crippen molar-refractivity contribution in [2.24, 2.45) is 0 Å². The van der Waals surface area contributed by atoms with Gasteiger partial charge in [0.05, 0.1) is 6.54 Å². The number of amides is 1. The molecule has 0 aliphatic carbocycles. The van der Waals surface area contributed by atoms with E-state index in [1.165, 1.54) is 0 Å². The molecule has 3 heterocycles. The Morgan fingerprint density at radius 3 is 3.09 bits per heavy atom. The van der Waals surface area contributed by atoms with E-state index in [1.54, 1.807) is 0 Å². The van der Waals surface area contributed by atoms with Gasteiger partial charge in [0.15, 0.2) is 5.65 Å².